The van der Waals surface area contributed by atoms with Crippen LogP contribution in [-0.2, 0) is 11.2 Å². The molecule has 1 aliphatic rings. The predicted molar refractivity (Wildman–Crippen MR) is 85.9 cm³/mol. The van der Waals surface area contributed by atoms with Crippen molar-refractivity contribution in [2.45, 2.75) is 18.8 Å². The summed E-state index contributed by atoms with van der Waals surface area (Å²) in [6.45, 7) is 0.648. The molecule has 2 aromatic rings. The lowest BCUT2D eigenvalue weighted by Gasteiger charge is -2.06. The van der Waals surface area contributed by atoms with Gasteiger partial charge in [0, 0.05) is 35.2 Å². The van der Waals surface area contributed by atoms with E-state index < -0.39 is 0 Å². The highest BCUT2D eigenvalue weighted by atomic mass is 79.9. The van der Waals surface area contributed by atoms with E-state index in [1.807, 2.05) is 36.4 Å². The molecule has 1 amide bonds. The summed E-state index contributed by atoms with van der Waals surface area (Å²) in [5.74, 6) is 0.634. The van der Waals surface area contributed by atoms with Gasteiger partial charge in [-0.25, -0.2) is 0 Å². The molecule has 0 saturated heterocycles. The van der Waals surface area contributed by atoms with Crippen LogP contribution in [0, 0.1) is 5.92 Å². The quantitative estimate of drug-likeness (QED) is 0.903. The molecular weight excluding hydrogens is 328 g/mol. The lowest BCUT2D eigenvalue weighted by molar-refractivity contribution is -0.122. The van der Waals surface area contributed by atoms with Crippen LogP contribution in [0.1, 0.15) is 23.6 Å². The number of carbonyl (C=O) groups excluding carboxylic acids is 1. The Morgan fingerprint density at radius 2 is 2.05 bits per heavy atom. The second-order valence-corrected chi connectivity index (χ2v) is 6.19. The monoisotopic (exact) mass is 344 g/mol. The van der Waals surface area contributed by atoms with Gasteiger partial charge < -0.3 is 5.32 Å². The number of hydrogen-bond acceptors (Lipinski definition) is 2. The van der Waals surface area contributed by atoms with E-state index in [2.05, 4.69) is 32.3 Å². The minimum absolute atomic E-state index is 0.118. The van der Waals surface area contributed by atoms with Gasteiger partial charge in [-0.1, -0.05) is 40.2 Å². The summed E-state index contributed by atoms with van der Waals surface area (Å²) in [6, 6.07) is 14.0. The van der Waals surface area contributed by atoms with Gasteiger partial charge in [-0.15, -0.1) is 0 Å². The number of nitrogens with zero attached hydrogens (tertiary/aromatic N) is 1. The largest absolute Gasteiger partial charge is 0.355 e. The normalized spacial score (nSPS) is 20.0. The summed E-state index contributed by atoms with van der Waals surface area (Å²) in [6.07, 6.45) is 3.50. The van der Waals surface area contributed by atoms with Crippen LogP contribution >= 0.6 is 15.9 Å². The molecule has 3 nitrogen and oxygen atoms in total. The molecule has 0 radical (unpaired) electrons. The topological polar surface area (TPSA) is 42.0 Å². The van der Waals surface area contributed by atoms with E-state index in [-0.39, 0.29) is 11.8 Å². The second-order valence-electron chi connectivity index (χ2n) is 5.33. The van der Waals surface area contributed by atoms with Gasteiger partial charge in [0.25, 0.3) is 0 Å². The summed E-state index contributed by atoms with van der Waals surface area (Å²) >= 11 is 3.56. The molecule has 3 rings (SSSR count). The van der Waals surface area contributed by atoms with Crippen LogP contribution in [0.2, 0.25) is 0 Å². The molecule has 1 saturated carbocycles. The molecule has 108 valence electrons. The lowest BCUT2D eigenvalue weighted by atomic mass is 10.1. The van der Waals surface area contributed by atoms with Crippen molar-refractivity contribution in [2.24, 2.45) is 5.92 Å². The molecule has 0 spiro atoms. The molecular formula is C17H17BrN2O. The molecule has 1 aromatic heterocycles. The minimum atomic E-state index is 0.118. The van der Waals surface area contributed by atoms with Crippen molar-refractivity contribution >= 4 is 21.8 Å². The first-order valence-electron chi connectivity index (χ1n) is 7.18. The average molecular weight is 345 g/mol. The zero-order valence-corrected chi connectivity index (χ0v) is 13.2. The third-order valence-corrected chi connectivity index (χ3v) is 4.56. The summed E-state index contributed by atoms with van der Waals surface area (Å²) in [4.78, 5) is 16.4. The van der Waals surface area contributed by atoms with Crippen LogP contribution in [-0.4, -0.2) is 17.4 Å². The Labute approximate surface area is 132 Å². The summed E-state index contributed by atoms with van der Waals surface area (Å²) < 4.78 is 1.10. The van der Waals surface area contributed by atoms with Crippen molar-refractivity contribution in [3.05, 3.63) is 64.4 Å². The minimum Gasteiger partial charge on any atom is -0.355 e. The predicted octanol–water partition coefficient (Wildman–Crippen LogP) is 3.31. The van der Waals surface area contributed by atoms with Gasteiger partial charge in [-0.2, -0.15) is 0 Å². The van der Waals surface area contributed by atoms with E-state index in [4.69, 9.17) is 0 Å². The molecule has 21 heavy (non-hydrogen) atoms. The molecule has 1 aliphatic carbocycles. The molecule has 4 heteroatoms. The zero-order chi connectivity index (χ0) is 14.7. The Morgan fingerprint density at radius 1 is 1.24 bits per heavy atom. The number of halogens is 1. The van der Waals surface area contributed by atoms with E-state index in [0.29, 0.717) is 12.5 Å². The van der Waals surface area contributed by atoms with Crippen molar-refractivity contribution in [1.29, 1.82) is 0 Å². The number of amides is 1. The van der Waals surface area contributed by atoms with E-state index in [1.165, 1.54) is 5.56 Å². The van der Waals surface area contributed by atoms with Crippen molar-refractivity contribution in [3.63, 3.8) is 0 Å². The van der Waals surface area contributed by atoms with E-state index >= 15 is 0 Å². The molecule has 1 heterocycles. The van der Waals surface area contributed by atoms with Crippen LogP contribution in [0.3, 0.4) is 0 Å². The van der Waals surface area contributed by atoms with E-state index in [9.17, 15) is 4.79 Å². The first-order valence-corrected chi connectivity index (χ1v) is 7.97. The van der Waals surface area contributed by atoms with Crippen molar-refractivity contribution in [2.75, 3.05) is 6.54 Å². The standard InChI is InChI=1S/C17H17BrN2O/c18-16-7-2-1-6-13(16)14-11-15(14)17(21)20-10-8-12-5-3-4-9-19-12/h1-7,9,14-15H,8,10-11H2,(H,20,21)/t14-,15-/m1/s1. The van der Waals surface area contributed by atoms with Gasteiger partial charge in [0.2, 0.25) is 5.91 Å². The van der Waals surface area contributed by atoms with Crippen LogP contribution in [0.15, 0.2) is 53.1 Å². The number of carbonyl (C=O) groups is 1. The first kappa shape index (κ1) is 14.3. The molecule has 2 atom stereocenters. The average Bonchev–Trinajstić information content (AvgIpc) is 3.29. The SMILES string of the molecule is O=C(NCCc1ccccn1)[C@@H]1C[C@@H]1c1ccccc1Br. The Kier molecular flexibility index (Phi) is 4.34. The third-order valence-electron chi connectivity index (χ3n) is 3.84. The molecule has 0 aliphatic heterocycles. The van der Waals surface area contributed by atoms with Crippen LogP contribution in [0.4, 0.5) is 0 Å². The first-order chi connectivity index (χ1) is 10.3. The van der Waals surface area contributed by atoms with Crippen LogP contribution < -0.4 is 5.32 Å². The summed E-state index contributed by atoms with van der Waals surface area (Å²) in [5.41, 5.74) is 2.25. The molecule has 1 aromatic carbocycles. The highest BCUT2D eigenvalue weighted by molar-refractivity contribution is 9.10. The van der Waals surface area contributed by atoms with E-state index in [0.717, 1.165) is 23.0 Å². The van der Waals surface area contributed by atoms with E-state index in [1.54, 1.807) is 6.20 Å². The maximum Gasteiger partial charge on any atom is 0.223 e. The number of pyridine rings is 1. The molecule has 1 N–H and O–H groups in total. The number of aromatic nitrogens is 1. The smallest absolute Gasteiger partial charge is 0.223 e. The highest BCUT2D eigenvalue weighted by Gasteiger charge is 2.44. The summed E-state index contributed by atoms with van der Waals surface area (Å²) in [5, 5.41) is 3.02. The number of rotatable bonds is 5. The molecule has 0 unspecified atom stereocenters. The molecule has 1 fully saturated rings. The van der Waals surface area contributed by atoms with Gasteiger partial charge in [-0.3, -0.25) is 9.78 Å². The van der Waals surface area contributed by atoms with Gasteiger partial charge in [0.05, 0.1) is 0 Å². The Bertz CT molecular complexity index is 630. The van der Waals surface area contributed by atoms with Crippen molar-refractivity contribution in [3.8, 4) is 0 Å². The van der Waals surface area contributed by atoms with Gasteiger partial charge in [0.15, 0.2) is 0 Å². The fourth-order valence-corrected chi connectivity index (χ4v) is 3.17. The van der Waals surface area contributed by atoms with Crippen LogP contribution in [0.5, 0.6) is 0 Å². The Hall–Kier alpha value is -1.68. The summed E-state index contributed by atoms with van der Waals surface area (Å²) in [7, 11) is 0. The number of hydrogen-bond donors (Lipinski definition) is 1. The maximum absolute atomic E-state index is 12.1. The van der Waals surface area contributed by atoms with Crippen LogP contribution in [0.25, 0.3) is 0 Å². The fraction of sp³-hybridized carbons (Fsp3) is 0.294. The lowest BCUT2D eigenvalue weighted by Crippen LogP contribution is -2.27. The Morgan fingerprint density at radius 3 is 2.81 bits per heavy atom. The highest BCUT2D eigenvalue weighted by Crippen LogP contribution is 2.49. The van der Waals surface area contributed by atoms with Crippen molar-refractivity contribution < 1.29 is 4.79 Å². The third kappa shape index (κ3) is 3.50. The van der Waals surface area contributed by atoms with Gasteiger partial charge in [-0.05, 0) is 36.1 Å². The fourth-order valence-electron chi connectivity index (χ4n) is 2.60. The number of nitrogens with one attached hydrogen (secondary N) is 1. The van der Waals surface area contributed by atoms with Crippen molar-refractivity contribution in [1.82, 2.24) is 10.3 Å². The van der Waals surface area contributed by atoms with Gasteiger partial charge in [0.1, 0.15) is 0 Å². The Balaban J connectivity index is 1.49. The zero-order valence-electron chi connectivity index (χ0n) is 11.6. The maximum atomic E-state index is 12.1. The second kappa shape index (κ2) is 6.39. The number of benzene rings is 1. The van der Waals surface area contributed by atoms with Gasteiger partial charge >= 0.3 is 0 Å². The molecule has 0 bridgehead atoms.